The molecule has 1 aromatic carbocycles. The first-order valence-electron chi connectivity index (χ1n) is 8.36. The van der Waals surface area contributed by atoms with Crippen LogP contribution in [0.25, 0.3) is 10.9 Å². The molecule has 0 fully saturated rings. The summed E-state index contributed by atoms with van der Waals surface area (Å²) in [5.41, 5.74) is 4.32. The summed E-state index contributed by atoms with van der Waals surface area (Å²) in [6.07, 6.45) is 0. The molecule has 1 aromatic heterocycles. The molecule has 0 aliphatic rings. The van der Waals surface area contributed by atoms with E-state index in [1.54, 1.807) is 6.07 Å². The van der Waals surface area contributed by atoms with Crippen LogP contribution in [0, 0.1) is 6.92 Å². The Bertz CT molecular complexity index is 721. The second kappa shape index (κ2) is 11.9. The molecule has 3 nitrogen and oxygen atoms in total. The van der Waals surface area contributed by atoms with E-state index in [1.807, 2.05) is 13.1 Å². The van der Waals surface area contributed by atoms with Crippen molar-refractivity contribution >= 4 is 72.1 Å². The van der Waals surface area contributed by atoms with Gasteiger partial charge < -0.3 is 16.9 Å². The first kappa shape index (κ1) is 25.1. The fourth-order valence-electron chi connectivity index (χ4n) is 2.76. The molecule has 0 unspecified atom stereocenters. The summed E-state index contributed by atoms with van der Waals surface area (Å²) in [6.45, 7) is 14.0. The zero-order valence-corrected chi connectivity index (χ0v) is 23.3. The predicted octanol–water partition coefficient (Wildman–Crippen LogP) is 7.11. The predicted molar refractivity (Wildman–Crippen MR) is 135 cm³/mol. The standard InChI is InChI=1S/C19H27N2O.Co.3HI/c1-7-21(6)11-16-15-10-14(12(2)3)19(13(4)5)20-17(15)8-9-18(16)22;;;;/h8-10,12-13,22H,1,7,11H2,2-6H3;;3*1H/q-1;+3;;;/p-3. The summed E-state index contributed by atoms with van der Waals surface area (Å²) in [4.78, 5) is 6.97. The van der Waals surface area contributed by atoms with Gasteiger partial charge in [-0.05, 0) is 42.6 Å². The van der Waals surface area contributed by atoms with Gasteiger partial charge in [0.1, 0.15) is 5.75 Å². The van der Waals surface area contributed by atoms with Crippen molar-refractivity contribution in [2.24, 2.45) is 0 Å². The van der Waals surface area contributed by atoms with Crippen LogP contribution in [0.2, 0.25) is 0 Å². The minimum atomic E-state index is 0.306. The molecule has 2 rings (SSSR count). The zero-order chi connectivity index (χ0) is 20.0. The molecule has 0 amide bonds. The monoisotopic (exact) mass is 739 g/mol. The van der Waals surface area contributed by atoms with Crippen LogP contribution >= 0.6 is 61.2 Å². The summed E-state index contributed by atoms with van der Waals surface area (Å²) in [7, 11) is 2.00. The number of benzene rings is 1. The van der Waals surface area contributed by atoms with E-state index in [2.05, 4.69) is 107 Å². The molecule has 1 N–H and O–H groups in total. The Kier molecular flexibility index (Phi) is 11.5. The van der Waals surface area contributed by atoms with Crippen molar-refractivity contribution in [3.8, 4) is 5.75 Å². The van der Waals surface area contributed by atoms with Crippen molar-refractivity contribution in [1.29, 1.82) is 0 Å². The van der Waals surface area contributed by atoms with Crippen LogP contribution in [0.5, 0.6) is 5.75 Å². The van der Waals surface area contributed by atoms with E-state index in [9.17, 15) is 5.11 Å². The minimum absolute atomic E-state index is 0.306. The number of hydrogen-bond acceptors (Lipinski definition) is 3. The Labute approximate surface area is 196 Å². The van der Waals surface area contributed by atoms with Gasteiger partial charge in [0.2, 0.25) is 0 Å². The molecule has 0 saturated carbocycles. The van der Waals surface area contributed by atoms with Crippen LogP contribution in [-0.2, 0) is 10.5 Å². The molecule has 1 heterocycles. The van der Waals surface area contributed by atoms with E-state index in [1.165, 1.54) is 5.56 Å². The maximum atomic E-state index is 10.3. The molecular formula is C19H27CoI3N2O-. The Hall–Kier alpha value is 1.09. The van der Waals surface area contributed by atoms with Crippen LogP contribution in [-0.4, -0.2) is 28.6 Å². The molecule has 0 aliphatic carbocycles. The summed E-state index contributed by atoms with van der Waals surface area (Å²) in [5.74, 6) is 1.14. The summed E-state index contributed by atoms with van der Waals surface area (Å²) in [5, 5.41) is 11.3. The first-order chi connectivity index (χ1) is 12.1. The van der Waals surface area contributed by atoms with Crippen LogP contribution in [0.1, 0.15) is 56.4 Å². The van der Waals surface area contributed by atoms with Gasteiger partial charge in [-0.1, -0.05) is 27.7 Å². The number of hydrogen-bond donors (Lipinski definition) is 1. The Morgan fingerprint density at radius 2 is 1.73 bits per heavy atom. The van der Waals surface area contributed by atoms with E-state index in [0.29, 0.717) is 34.7 Å². The Morgan fingerprint density at radius 1 is 1.15 bits per heavy atom. The number of phenols is 1. The maximum absolute atomic E-state index is 10.3. The van der Waals surface area contributed by atoms with Gasteiger partial charge >= 0.3 is 65.3 Å². The van der Waals surface area contributed by atoms with Crippen LogP contribution in [0.3, 0.4) is 0 Å². The molecule has 150 valence electrons. The van der Waals surface area contributed by atoms with Crippen molar-refractivity contribution in [3.63, 3.8) is 0 Å². The molecule has 7 heteroatoms. The summed E-state index contributed by atoms with van der Waals surface area (Å²) >= 11 is 7.14. The molecular weight excluding hydrogens is 712 g/mol. The number of fused-ring (bicyclic) bond motifs is 1. The Morgan fingerprint density at radius 3 is 2.19 bits per heavy atom. The topological polar surface area (TPSA) is 36.4 Å². The molecule has 26 heavy (non-hydrogen) atoms. The van der Waals surface area contributed by atoms with Crippen molar-refractivity contribution in [2.75, 3.05) is 13.6 Å². The van der Waals surface area contributed by atoms with Crippen molar-refractivity contribution < 1.29 is 9.11 Å². The molecule has 0 spiro atoms. The van der Waals surface area contributed by atoms with Crippen LogP contribution in [0.15, 0.2) is 18.2 Å². The third-order valence-corrected chi connectivity index (χ3v) is 4.12. The van der Waals surface area contributed by atoms with E-state index in [-0.39, 0.29) is 0 Å². The first-order valence-corrected chi connectivity index (χ1v) is 18.4. The quantitative estimate of drug-likeness (QED) is 0.263. The average molecular weight is 739 g/mol. The van der Waals surface area contributed by atoms with Crippen molar-refractivity contribution in [2.45, 2.75) is 46.1 Å². The van der Waals surface area contributed by atoms with E-state index >= 15 is 0 Å². The van der Waals surface area contributed by atoms with Gasteiger partial charge in [0.25, 0.3) is 0 Å². The molecule has 0 saturated heterocycles. The number of nitrogens with zero attached hydrogens (tertiary/aromatic N) is 2. The number of pyridine rings is 1. The van der Waals surface area contributed by atoms with Crippen LogP contribution < -0.4 is 0 Å². The van der Waals surface area contributed by atoms with Gasteiger partial charge in [-0.3, -0.25) is 4.98 Å². The second-order valence-corrected chi connectivity index (χ2v) is 33.1. The number of halogens is 3. The van der Waals surface area contributed by atoms with Crippen molar-refractivity contribution in [3.05, 3.63) is 41.9 Å². The number of rotatable bonds is 5. The van der Waals surface area contributed by atoms with E-state index in [0.717, 1.165) is 22.2 Å². The van der Waals surface area contributed by atoms with Gasteiger partial charge in [-0.2, -0.15) is 0 Å². The number of aromatic nitrogens is 1. The van der Waals surface area contributed by atoms with E-state index < -0.39 is 0 Å². The SMILES string of the molecule is [CH2-]CN(C)Cc1c(O)ccc2nc(C(C)C)c(C(C)C)cc12.[I][Co]([I])[I]. The summed E-state index contributed by atoms with van der Waals surface area (Å²) in [6, 6.07) is 5.88. The second-order valence-electron chi connectivity index (χ2n) is 6.78. The fourth-order valence-corrected chi connectivity index (χ4v) is 2.76. The normalized spacial score (nSPS) is 11.9. The molecule has 0 aliphatic heterocycles. The van der Waals surface area contributed by atoms with Gasteiger partial charge in [-0.25, -0.2) is 0 Å². The fraction of sp³-hybridized carbons (Fsp3) is 0.474. The van der Waals surface area contributed by atoms with Crippen LogP contribution in [0.4, 0.5) is 0 Å². The molecule has 0 atom stereocenters. The number of phenolic OH excluding ortho intramolecular Hbond substituents is 1. The number of aromatic hydroxyl groups is 1. The molecule has 0 radical (unpaired) electrons. The zero-order valence-electron chi connectivity index (χ0n) is 15.8. The van der Waals surface area contributed by atoms with Gasteiger partial charge in [-0.15, -0.1) is 6.54 Å². The third kappa shape index (κ3) is 7.49. The van der Waals surface area contributed by atoms with E-state index in [4.69, 9.17) is 4.98 Å². The van der Waals surface area contributed by atoms with Gasteiger partial charge in [0, 0.05) is 23.2 Å². The van der Waals surface area contributed by atoms with Gasteiger partial charge in [0.15, 0.2) is 0 Å². The summed E-state index contributed by atoms with van der Waals surface area (Å²) < 4.78 is 0.306. The third-order valence-electron chi connectivity index (χ3n) is 4.12. The van der Waals surface area contributed by atoms with Crippen molar-refractivity contribution in [1.82, 2.24) is 9.88 Å². The van der Waals surface area contributed by atoms with Gasteiger partial charge in [0.05, 0.1) is 5.52 Å². The molecule has 2 aromatic rings. The average Bonchev–Trinajstić information content (AvgIpc) is 2.55. The molecule has 0 bridgehead atoms. The Balaban J connectivity index is 0.000000765.